The number of carboxylic acid groups (broad SMARTS) is 1. The van der Waals surface area contributed by atoms with Gasteiger partial charge in [0.05, 0.1) is 6.42 Å². The SMILES string of the molecule is CC(CC(=O)O)C(=O)c1cc(Cl)cc(Cl)c1. The Hall–Kier alpha value is -1.06. The standard InChI is InChI=1S/C11H10Cl2O3/c1-6(2-10(14)15)11(16)7-3-8(12)5-9(13)4-7/h3-6H,2H2,1H3,(H,14,15). The van der Waals surface area contributed by atoms with Crippen LogP contribution in [0.25, 0.3) is 0 Å². The Bertz CT molecular complexity index is 409. The molecule has 5 heteroatoms. The second-order valence-corrected chi connectivity index (χ2v) is 4.39. The number of Topliss-reactive ketones (excluding diaryl/α,β-unsaturated/α-hetero) is 1. The van der Waals surface area contributed by atoms with Gasteiger partial charge in [0.2, 0.25) is 0 Å². The van der Waals surface area contributed by atoms with Crippen LogP contribution in [0.15, 0.2) is 18.2 Å². The first-order valence-electron chi connectivity index (χ1n) is 4.62. The highest BCUT2D eigenvalue weighted by Gasteiger charge is 2.18. The van der Waals surface area contributed by atoms with Crippen LogP contribution in [0.2, 0.25) is 10.0 Å². The van der Waals surface area contributed by atoms with E-state index in [1.165, 1.54) is 18.2 Å². The monoisotopic (exact) mass is 260 g/mol. The minimum atomic E-state index is -1.01. The van der Waals surface area contributed by atoms with Crippen molar-refractivity contribution in [3.63, 3.8) is 0 Å². The summed E-state index contributed by atoms with van der Waals surface area (Å²) >= 11 is 11.5. The molecule has 1 unspecified atom stereocenters. The molecule has 0 spiro atoms. The number of ketones is 1. The Morgan fingerprint density at radius 2 is 1.75 bits per heavy atom. The molecule has 0 radical (unpaired) electrons. The second kappa shape index (κ2) is 5.32. The molecular formula is C11H10Cl2O3. The lowest BCUT2D eigenvalue weighted by molar-refractivity contribution is -0.137. The van der Waals surface area contributed by atoms with E-state index in [1.54, 1.807) is 6.92 Å². The summed E-state index contributed by atoms with van der Waals surface area (Å²) < 4.78 is 0. The Labute approximate surface area is 103 Å². The molecule has 0 saturated heterocycles. The maximum Gasteiger partial charge on any atom is 0.304 e. The van der Waals surface area contributed by atoms with Crippen molar-refractivity contribution >= 4 is 35.0 Å². The summed E-state index contributed by atoms with van der Waals surface area (Å²) in [6.45, 7) is 1.56. The predicted molar refractivity (Wildman–Crippen MR) is 62.2 cm³/mol. The molecular weight excluding hydrogens is 251 g/mol. The number of halogens is 2. The Kier molecular flexibility index (Phi) is 4.33. The summed E-state index contributed by atoms with van der Waals surface area (Å²) in [7, 11) is 0. The Balaban J connectivity index is 2.91. The molecule has 3 nitrogen and oxygen atoms in total. The molecule has 0 aliphatic carbocycles. The van der Waals surface area contributed by atoms with Crippen LogP contribution >= 0.6 is 23.2 Å². The number of benzene rings is 1. The topological polar surface area (TPSA) is 54.4 Å². The lowest BCUT2D eigenvalue weighted by atomic mass is 9.96. The molecule has 0 saturated carbocycles. The largest absolute Gasteiger partial charge is 0.481 e. The van der Waals surface area contributed by atoms with Gasteiger partial charge in [-0.15, -0.1) is 0 Å². The van der Waals surface area contributed by atoms with E-state index in [-0.39, 0.29) is 12.2 Å². The number of carboxylic acids is 1. The van der Waals surface area contributed by atoms with Gasteiger partial charge in [0.25, 0.3) is 0 Å². The van der Waals surface area contributed by atoms with Crippen molar-refractivity contribution in [3.8, 4) is 0 Å². The van der Waals surface area contributed by atoms with Gasteiger partial charge >= 0.3 is 5.97 Å². The van der Waals surface area contributed by atoms with Crippen LogP contribution in [0.5, 0.6) is 0 Å². The molecule has 0 aliphatic heterocycles. The van der Waals surface area contributed by atoms with Crippen molar-refractivity contribution in [2.45, 2.75) is 13.3 Å². The maximum absolute atomic E-state index is 11.8. The highest BCUT2D eigenvalue weighted by atomic mass is 35.5. The number of carbonyl (C=O) groups excluding carboxylic acids is 1. The van der Waals surface area contributed by atoms with Crippen LogP contribution in [0, 0.1) is 5.92 Å². The molecule has 1 aromatic rings. The summed E-state index contributed by atoms with van der Waals surface area (Å²) in [6.07, 6.45) is -0.205. The van der Waals surface area contributed by atoms with Gasteiger partial charge in [0.1, 0.15) is 0 Å². The first-order chi connectivity index (χ1) is 7.40. The summed E-state index contributed by atoms with van der Waals surface area (Å²) in [5.41, 5.74) is 0.339. The van der Waals surface area contributed by atoms with Gasteiger partial charge in [-0.1, -0.05) is 30.1 Å². The van der Waals surface area contributed by atoms with Crippen LogP contribution in [-0.4, -0.2) is 16.9 Å². The molecule has 0 fully saturated rings. The molecule has 1 N–H and O–H groups in total. The molecule has 0 aliphatic rings. The number of aliphatic carboxylic acids is 1. The summed E-state index contributed by atoms with van der Waals surface area (Å²) in [6, 6.07) is 4.48. The van der Waals surface area contributed by atoms with Crippen molar-refractivity contribution in [2.75, 3.05) is 0 Å². The second-order valence-electron chi connectivity index (χ2n) is 3.52. The van der Waals surface area contributed by atoms with Crippen molar-refractivity contribution in [3.05, 3.63) is 33.8 Å². The Morgan fingerprint density at radius 3 is 2.19 bits per heavy atom. The third kappa shape index (κ3) is 3.51. The van der Waals surface area contributed by atoms with Gasteiger partial charge in [-0.3, -0.25) is 9.59 Å². The van der Waals surface area contributed by atoms with Crippen molar-refractivity contribution in [2.24, 2.45) is 5.92 Å². The first kappa shape index (κ1) is 13.0. The van der Waals surface area contributed by atoms with E-state index in [0.717, 1.165) is 0 Å². The summed E-state index contributed by atoms with van der Waals surface area (Å²) in [5, 5.41) is 9.30. The number of rotatable bonds is 4. The van der Waals surface area contributed by atoms with Gasteiger partial charge in [-0.05, 0) is 18.2 Å². The zero-order chi connectivity index (χ0) is 12.3. The molecule has 1 aromatic carbocycles. The fraction of sp³-hybridized carbons (Fsp3) is 0.273. The zero-order valence-electron chi connectivity index (χ0n) is 8.54. The van der Waals surface area contributed by atoms with Crippen LogP contribution in [0.4, 0.5) is 0 Å². The molecule has 16 heavy (non-hydrogen) atoms. The van der Waals surface area contributed by atoms with Crippen LogP contribution in [-0.2, 0) is 4.79 Å². The smallest absolute Gasteiger partial charge is 0.304 e. The Morgan fingerprint density at radius 1 is 1.25 bits per heavy atom. The quantitative estimate of drug-likeness (QED) is 0.846. The third-order valence-electron chi connectivity index (χ3n) is 2.08. The van der Waals surface area contributed by atoms with Gasteiger partial charge < -0.3 is 5.11 Å². The fourth-order valence-corrected chi connectivity index (χ4v) is 1.86. The number of hydrogen-bond acceptors (Lipinski definition) is 2. The maximum atomic E-state index is 11.8. The van der Waals surface area contributed by atoms with Crippen LogP contribution < -0.4 is 0 Å². The molecule has 0 heterocycles. The highest BCUT2D eigenvalue weighted by Crippen LogP contribution is 2.22. The molecule has 1 rings (SSSR count). The normalized spacial score (nSPS) is 12.2. The molecule has 0 bridgehead atoms. The molecule has 1 atom stereocenters. The average molecular weight is 261 g/mol. The lowest BCUT2D eigenvalue weighted by Gasteiger charge is -2.08. The third-order valence-corrected chi connectivity index (χ3v) is 2.51. The predicted octanol–water partition coefficient (Wildman–Crippen LogP) is 3.29. The minimum absolute atomic E-state index is 0.205. The van der Waals surface area contributed by atoms with E-state index >= 15 is 0 Å². The number of carbonyl (C=O) groups is 2. The fourth-order valence-electron chi connectivity index (χ4n) is 1.34. The van der Waals surface area contributed by atoms with Gasteiger partial charge in [-0.25, -0.2) is 0 Å². The van der Waals surface area contributed by atoms with E-state index in [1.807, 2.05) is 0 Å². The van der Waals surface area contributed by atoms with Crippen LogP contribution in [0.3, 0.4) is 0 Å². The van der Waals surface area contributed by atoms with Gasteiger partial charge in [0.15, 0.2) is 5.78 Å². The average Bonchev–Trinajstić information content (AvgIpc) is 2.13. The molecule has 0 amide bonds. The number of hydrogen-bond donors (Lipinski definition) is 1. The van der Waals surface area contributed by atoms with E-state index in [0.29, 0.717) is 15.6 Å². The van der Waals surface area contributed by atoms with Crippen molar-refractivity contribution in [1.29, 1.82) is 0 Å². The molecule has 86 valence electrons. The zero-order valence-corrected chi connectivity index (χ0v) is 10.0. The minimum Gasteiger partial charge on any atom is -0.481 e. The van der Waals surface area contributed by atoms with Gasteiger partial charge in [-0.2, -0.15) is 0 Å². The first-order valence-corrected chi connectivity index (χ1v) is 5.38. The lowest BCUT2D eigenvalue weighted by Crippen LogP contribution is -2.15. The van der Waals surface area contributed by atoms with E-state index in [9.17, 15) is 9.59 Å². The van der Waals surface area contributed by atoms with Crippen molar-refractivity contribution < 1.29 is 14.7 Å². The van der Waals surface area contributed by atoms with E-state index < -0.39 is 11.9 Å². The van der Waals surface area contributed by atoms with E-state index in [2.05, 4.69) is 0 Å². The highest BCUT2D eigenvalue weighted by molar-refractivity contribution is 6.35. The van der Waals surface area contributed by atoms with Crippen LogP contribution in [0.1, 0.15) is 23.7 Å². The molecule has 0 aromatic heterocycles. The summed E-state index contributed by atoms with van der Waals surface area (Å²) in [5.74, 6) is -1.87. The van der Waals surface area contributed by atoms with Crippen molar-refractivity contribution in [1.82, 2.24) is 0 Å². The summed E-state index contributed by atoms with van der Waals surface area (Å²) in [4.78, 5) is 22.3. The van der Waals surface area contributed by atoms with Gasteiger partial charge in [0, 0.05) is 21.5 Å². The van der Waals surface area contributed by atoms with E-state index in [4.69, 9.17) is 28.3 Å².